The quantitative estimate of drug-likeness (QED) is 0.306. The summed E-state index contributed by atoms with van der Waals surface area (Å²) >= 11 is 0. The van der Waals surface area contributed by atoms with E-state index in [1.807, 2.05) is 0 Å². The van der Waals surface area contributed by atoms with Crippen molar-refractivity contribution in [1.29, 1.82) is 0 Å². The number of esters is 1. The molecule has 4 aromatic rings. The molecular weight excluding hydrogens is 405 g/mol. The number of oxazole rings is 1. The molecule has 0 fully saturated rings. The Morgan fingerprint density at radius 2 is 1.77 bits per heavy atom. The first kappa shape index (κ1) is 20.3. The van der Waals surface area contributed by atoms with Crippen molar-refractivity contribution in [2.45, 2.75) is 26.4 Å². The van der Waals surface area contributed by atoms with Crippen LogP contribution in [0.25, 0.3) is 11.3 Å². The number of hydrogen-bond acceptors (Lipinski definition) is 8. The molecule has 0 saturated carbocycles. The summed E-state index contributed by atoms with van der Waals surface area (Å²) in [7, 11) is 0. The molecule has 0 unspecified atom stereocenters. The predicted octanol–water partition coefficient (Wildman–Crippen LogP) is 4.29. The van der Waals surface area contributed by atoms with Gasteiger partial charge < -0.3 is 18.4 Å². The molecule has 0 radical (unpaired) electrons. The van der Waals surface area contributed by atoms with Gasteiger partial charge in [0.05, 0.1) is 12.6 Å². The van der Waals surface area contributed by atoms with Crippen LogP contribution >= 0.6 is 0 Å². The second-order valence-corrected chi connectivity index (χ2v) is 6.59. The van der Waals surface area contributed by atoms with Gasteiger partial charge in [0.25, 0.3) is 5.89 Å². The van der Waals surface area contributed by atoms with Crippen LogP contribution in [0, 0.1) is 12.7 Å². The Morgan fingerprint density at radius 1 is 1.03 bits per heavy atom. The fraction of sp³-hybridized carbons (Fsp3) is 0.182. The van der Waals surface area contributed by atoms with Crippen molar-refractivity contribution in [1.82, 2.24) is 15.1 Å². The zero-order valence-electron chi connectivity index (χ0n) is 16.6. The Hall–Kier alpha value is -4.01. The van der Waals surface area contributed by atoms with E-state index in [1.54, 1.807) is 49.5 Å². The smallest absolute Gasteiger partial charge is 0.311 e. The first-order chi connectivity index (χ1) is 15.0. The monoisotopic (exact) mass is 423 g/mol. The predicted molar refractivity (Wildman–Crippen MR) is 106 cm³/mol. The van der Waals surface area contributed by atoms with Crippen LogP contribution in [0.3, 0.4) is 0 Å². The van der Waals surface area contributed by atoms with Gasteiger partial charge in [-0.25, -0.2) is 9.37 Å². The van der Waals surface area contributed by atoms with E-state index < -0.39 is 5.97 Å². The molecule has 8 nitrogen and oxygen atoms in total. The lowest BCUT2D eigenvalue weighted by Gasteiger charge is -2.06. The van der Waals surface area contributed by atoms with Gasteiger partial charge in [-0.15, -0.1) is 0 Å². The molecule has 0 aliphatic heterocycles. The molecule has 0 aliphatic carbocycles. The fourth-order valence-electron chi connectivity index (χ4n) is 2.71. The summed E-state index contributed by atoms with van der Waals surface area (Å²) in [6.07, 6.45) is 1.92. The summed E-state index contributed by atoms with van der Waals surface area (Å²) in [4.78, 5) is 20.3. The Morgan fingerprint density at radius 3 is 2.48 bits per heavy atom. The SMILES string of the molecule is Cc1noc(COc2ccc(OC(=O)CCc3ncc(-c4ccc(F)cc4)o3)cc2)n1. The van der Waals surface area contributed by atoms with E-state index in [-0.39, 0.29) is 25.3 Å². The van der Waals surface area contributed by atoms with Crippen molar-refractivity contribution < 1.29 is 27.6 Å². The number of carbonyl (C=O) groups is 1. The molecular formula is C22H18FN3O5. The van der Waals surface area contributed by atoms with E-state index >= 15 is 0 Å². The fourth-order valence-corrected chi connectivity index (χ4v) is 2.71. The molecule has 4 rings (SSSR count). The zero-order chi connectivity index (χ0) is 21.6. The second kappa shape index (κ2) is 9.21. The standard InChI is InChI=1S/C22H18FN3O5/c1-14-25-21(31-26-14)13-28-17-6-8-18(9-7-17)29-22(27)11-10-20-24-12-19(30-20)15-2-4-16(23)5-3-15/h2-9,12H,10-11,13H2,1H3. The number of rotatable bonds is 8. The van der Waals surface area contributed by atoms with Gasteiger partial charge in [0.1, 0.15) is 17.3 Å². The summed E-state index contributed by atoms with van der Waals surface area (Å²) in [5.74, 6) is 2.05. The lowest BCUT2D eigenvalue weighted by molar-refractivity contribution is -0.134. The molecule has 0 aliphatic rings. The van der Waals surface area contributed by atoms with Crippen molar-refractivity contribution in [3.05, 3.63) is 78.2 Å². The highest BCUT2D eigenvalue weighted by atomic mass is 19.1. The molecule has 0 N–H and O–H groups in total. The van der Waals surface area contributed by atoms with E-state index in [0.29, 0.717) is 40.4 Å². The van der Waals surface area contributed by atoms with E-state index in [0.717, 1.165) is 0 Å². The maximum Gasteiger partial charge on any atom is 0.311 e. The number of aromatic nitrogens is 3. The van der Waals surface area contributed by atoms with Gasteiger partial charge in [-0.1, -0.05) is 5.16 Å². The minimum absolute atomic E-state index is 0.0954. The summed E-state index contributed by atoms with van der Waals surface area (Å²) < 4.78 is 34.5. The van der Waals surface area contributed by atoms with Crippen LogP contribution in [-0.2, 0) is 17.8 Å². The third-order valence-corrected chi connectivity index (χ3v) is 4.21. The topological polar surface area (TPSA) is 100 Å². The Kier molecular flexibility index (Phi) is 6.02. The molecule has 0 atom stereocenters. The van der Waals surface area contributed by atoms with Crippen LogP contribution in [-0.4, -0.2) is 21.1 Å². The Balaban J connectivity index is 1.24. The third kappa shape index (κ3) is 5.53. The normalized spacial score (nSPS) is 10.8. The molecule has 0 bridgehead atoms. The van der Waals surface area contributed by atoms with E-state index in [1.165, 1.54) is 12.1 Å². The minimum Gasteiger partial charge on any atom is -0.484 e. The van der Waals surface area contributed by atoms with Gasteiger partial charge in [-0.3, -0.25) is 4.79 Å². The third-order valence-electron chi connectivity index (χ3n) is 4.21. The molecule has 2 heterocycles. The van der Waals surface area contributed by atoms with Crippen molar-refractivity contribution in [2.24, 2.45) is 0 Å². The first-order valence-corrected chi connectivity index (χ1v) is 9.48. The van der Waals surface area contributed by atoms with Crippen molar-refractivity contribution >= 4 is 5.97 Å². The van der Waals surface area contributed by atoms with Gasteiger partial charge in [0, 0.05) is 12.0 Å². The summed E-state index contributed by atoms with van der Waals surface area (Å²) in [6, 6.07) is 12.5. The molecule has 9 heteroatoms. The number of benzene rings is 2. The molecule has 2 aromatic carbocycles. The molecule has 0 saturated heterocycles. The highest BCUT2D eigenvalue weighted by Gasteiger charge is 2.11. The zero-order valence-corrected chi connectivity index (χ0v) is 16.6. The van der Waals surface area contributed by atoms with E-state index in [2.05, 4.69) is 15.1 Å². The molecule has 0 spiro atoms. The number of ether oxygens (including phenoxy) is 2. The number of hydrogen-bond donors (Lipinski definition) is 0. The number of aryl methyl sites for hydroxylation is 2. The van der Waals surface area contributed by atoms with Crippen LogP contribution in [0.5, 0.6) is 11.5 Å². The van der Waals surface area contributed by atoms with Gasteiger partial charge in [0.2, 0.25) is 0 Å². The summed E-state index contributed by atoms with van der Waals surface area (Å²) in [5, 5.41) is 3.69. The van der Waals surface area contributed by atoms with E-state index in [4.69, 9.17) is 18.4 Å². The van der Waals surface area contributed by atoms with Crippen LogP contribution < -0.4 is 9.47 Å². The molecule has 158 valence electrons. The van der Waals surface area contributed by atoms with Crippen LogP contribution in [0.1, 0.15) is 24.0 Å². The lowest BCUT2D eigenvalue weighted by atomic mass is 10.2. The van der Waals surface area contributed by atoms with Gasteiger partial charge in [0.15, 0.2) is 24.1 Å². The van der Waals surface area contributed by atoms with Crippen LogP contribution in [0.4, 0.5) is 4.39 Å². The average molecular weight is 423 g/mol. The molecule has 2 aromatic heterocycles. The minimum atomic E-state index is -0.420. The number of nitrogens with zero attached hydrogens (tertiary/aromatic N) is 3. The molecule has 31 heavy (non-hydrogen) atoms. The van der Waals surface area contributed by atoms with Gasteiger partial charge in [-0.2, -0.15) is 4.98 Å². The Labute approximate surface area is 176 Å². The lowest BCUT2D eigenvalue weighted by Crippen LogP contribution is -2.09. The second-order valence-electron chi connectivity index (χ2n) is 6.59. The highest BCUT2D eigenvalue weighted by Crippen LogP contribution is 2.22. The average Bonchev–Trinajstić information content (AvgIpc) is 3.41. The van der Waals surface area contributed by atoms with Gasteiger partial charge >= 0.3 is 5.97 Å². The van der Waals surface area contributed by atoms with E-state index in [9.17, 15) is 9.18 Å². The highest BCUT2D eigenvalue weighted by molar-refractivity contribution is 5.72. The first-order valence-electron chi connectivity index (χ1n) is 9.48. The van der Waals surface area contributed by atoms with Crippen molar-refractivity contribution in [3.8, 4) is 22.8 Å². The summed E-state index contributed by atoms with van der Waals surface area (Å²) in [6.45, 7) is 1.87. The van der Waals surface area contributed by atoms with Crippen molar-refractivity contribution in [2.75, 3.05) is 0 Å². The summed E-state index contributed by atoms with van der Waals surface area (Å²) in [5.41, 5.74) is 0.708. The number of halogens is 1. The van der Waals surface area contributed by atoms with Crippen LogP contribution in [0.2, 0.25) is 0 Å². The maximum absolute atomic E-state index is 13.0. The number of carbonyl (C=O) groups excluding carboxylic acids is 1. The molecule has 0 amide bonds. The maximum atomic E-state index is 13.0. The van der Waals surface area contributed by atoms with Crippen molar-refractivity contribution in [3.63, 3.8) is 0 Å². The van der Waals surface area contributed by atoms with Gasteiger partial charge in [-0.05, 0) is 55.5 Å². The largest absolute Gasteiger partial charge is 0.484 e. The van der Waals surface area contributed by atoms with Crippen LogP contribution in [0.15, 0.2) is 63.7 Å². The Bertz CT molecular complexity index is 1150.